The molecular formula is C31H37ClO6. The predicted octanol–water partition coefficient (Wildman–Crippen LogP) is 6.46. The molecule has 0 radical (unpaired) electrons. The molecule has 3 aliphatic rings. The fourth-order valence-corrected chi connectivity index (χ4v) is 6.44. The van der Waals surface area contributed by atoms with Crippen molar-refractivity contribution in [3.63, 3.8) is 0 Å². The number of carbonyl (C=O) groups excluding carboxylic acids is 2. The first-order valence-electron chi connectivity index (χ1n) is 13.8. The molecule has 2 saturated carbocycles. The molecule has 1 heterocycles. The highest BCUT2D eigenvalue weighted by molar-refractivity contribution is 6.31. The Bertz CT molecular complexity index is 1150. The molecule has 0 amide bonds. The molecule has 7 atom stereocenters. The normalized spacial score (nSPS) is 31.8. The lowest BCUT2D eigenvalue weighted by Crippen LogP contribution is -2.52. The summed E-state index contributed by atoms with van der Waals surface area (Å²) in [5, 5.41) is 0.649. The van der Waals surface area contributed by atoms with Crippen molar-refractivity contribution in [1.29, 1.82) is 0 Å². The molecule has 3 fully saturated rings. The first-order chi connectivity index (χ1) is 18.2. The summed E-state index contributed by atoms with van der Waals surface area (Å²) in [5.41, 5.74) is 2.89. The minimum atomic E-state index is -0.763. The van der Waals surface area contributed by atoms with Crippen LogP contribution in [0.5, 0.6) is 5.75 Å². The molecule has 0 bridgehead atoms. The molecule has 2 aromatic carbocycles. The van der Waals surface area contributed by atoms with Gasteiger partial charge in [0.25, 0.3) is 0 Å². The van der Waals surface area contributed by atoms with Gasteiger partial charge in [0.05, 0.1) is 12.2 Å². The highest BCUT2D eigenvalue weighted by atomic mass is 35.5. The maximum atomic E-state index is 12.0. The van der Waals surface area contributed by atoms with Gasteiger partial charge in [0.2, 0.25) is 0 Å². The van der Waals surface area contributed by atoms with Crippen molar-refractivity contribution >= 4 is 23.5 Å². The molecule has 1 saturated heterocycles. The van der Waals surface area contributed by atoms with Gasteiger partial charge in [0.15, 0.2) is 6.10 Å². The molecule has 2 aliphatic carbocycles. The zero-order chi connectivity index (χ0) is 27.0. The lowest BCUT2D eigenvalue weighted by Gasteiger charge is -2.44. The SMILES string of the molecule is CC[C@H]1OC(c2ccc(Cl)c(Cc3ccc(OC4CC5CC5C4)cc3)c2)[C@H](OC(C)=O)[C@@H](OC(C)=O)[C@@H]1C. The van der Waals surface area contributed by atoms with Gasteiger partial charge in [0.1, 0.15) is 18.0 Å². The fourth-order valence-electron chi connectivity index (χ4n) is 6.26. The average molecular weight is 541 g/mol. The first-order valence-corrected chi connectivity index (χ1v) is 14.1. The molecule has 38 heavy (non-hydrogen) atoms. The van der Waals surface area contributed by atoms with Crippen LogP contribution in [0.4, 0.5) is 0 Å². The van der Waals surface area contributed by atoms with Gasteiger partial charge in [0, 0.05) is 24.8 Å². The molecule has 0 N–H and O–H groups in total. The second-order valence-electron chi connectivity index (χ2n) is 11.1. The van der Waals surface area contributed by atoms with Gasteiger partial charge in [-0.05, 0) is 78.8 Å². The van der Waals surface area contributed by atoms with E-state index < -0.39 is 30.3 Å². The van der Waals surface area contributed by atoms with Crippen molar-refractivity contribution in [1.82, 2.24) is 0 Å². The third-order valence-corrected chi connectivity index (χ3v) is 8.64. The standard InChI is InChI=1S/C31H37ClO6/c1-5-28-17(2)29(35-18(3)33)31(36-19(4)34)30(38-28)21-8-11-27(32)24(13-21)12-20-6-9-25(10-7-20)37-26-15-22-14-23(22)16-26/h6-11,13,17,22-23,26,28-31H,5,12,14-16H2,1-4H3/t17-,22?,23?,26?,28-,29+,30?,31-/m1/s1. The number of ether oxygens (including phenoxy) is 4. The van der Waals surface area contributed by atoms with E-state index in [0.717, 1.165) is 40.7 Å². The molecular weight excluding hydrogens is 504 g/mol. The fraction of sp³-hybridized carbons (Fsp3) is 0.548. The monoisotopic (exact) mass is 540 g/mol. The maximum Gasteiger partial charge on any atom is 0.303 e. The minimum absolute atomic E-state index is 0.132. The van der Waals surface area contributed by atoms with Crippen molar-refractivity contribution in [2.24, 2.45) is 17.8 Å². The van der Waals surface area contributed by atoms with E-state index in [1.54, 1.807) is 0 Å². The second-order valence-corrected chi connectivity index (χ2v) is 11.6. The van der Waals surface area contributed by atoms with Crippen molar-refractivity contribution in [2.45, 2.75) is 90.3 Å². The van der Waals surface area contributed by atoms with Crippen LogP contribution >= 0.6 is 11.6 Å². The van der Waals surface area contributed by atoms with Crippen molar-refractivity contribution < 1.29 is 28.5 Å². The zero-order valence-electron chi connectivity index (χ0n) is 22.5. The van der Waals surface area contributed by atoms with E-state index in [1.807, 2.05) is 44.2 Å². The van der Waals surface area contributed by atoms with Crippen LogP contribution in [0.3, 0.4) is 0 Å². The molecule has 1 aliphatic heterocycles. The third-order valence-electron chi connectivity index (χ3n) is 8.27. The van der Waals surface area contributed by atoms with Crippen LogP contribution in [-0.4, -0.2) is 36.4 Å². The van der Waals surface area contributed by atoms with Crippen molar-refractivity contribution in [3.05, 3.63) is 64.2 Å². The summed E-state index contributed by atoms with van der Waals surface area (Å²) in [4.78, 5) is 24.0. The predicted molar refractivity (Wildman–Crippen MR) is 144 cm³/mol. The molecule has 6 nitrogen and oxygen atoms in total. The summed E-state index contributed by atoms with van der Waals surface area (Å²) in [6.07, 6.45) is 3.34. The van der Waals surface area contributed by atoms with Crippen LogP contribution in [0.25, 0.3) is 0 Å². The Labute approximate surface area is 229 Å². The Balaban J connectivity index is 1.35. The summed E-state index contributed by atoms with van der Waals surface area (Å²) in [7, 11) is 0. The molecule has 5 rings (SSSR count). The number of hydrogen-bond donors (Lipinski definition) is 0. The topological polar surface area (TPSA) is 71.1 Å². The maximum absolute atomic E-state index is 12.0. The Morgan fingerprint density at radius 1 is 0.947 bits per heavy atom. The Morgan fingerprint density at radius 2 is 1.61 bits per heavy atom. The molecule has 0 spiro atoms. The summed E-state index contributed by atoms with van der Waals surface area (Å²) in [5.74, 6) is 1.70. The van der Waals surface area contributed by atoms with Crippen LogP contribution in [0, 0.1) is 17.8 Å². The first kappa shape index (κ1) is 27.0. The van der Waals surface area contributed by atoms with E-state index in [2.05, 4.69) is 12.1 Å². The smallest absolute Gasteiger partial charge is 0.303 e. The summed E-state index contributed by atoms with van der Waals surface area (Å²) in [6.45, 7) is 6.72. The van der Waals surface area contributed by atoms with E-state index in [4.69, 9.17) is 30.5 Å². The zero-order valence-corrected chi connectivity index (χ0v) is 23.3. The average Bonchev–Trinajstić information content (AvgIpc) is 3.49. The summed E-state index contributed by atoms with van der Waals surface area (Å²) in [6, 6.07) is 14.0. The number of rotatable bonds is 8. The number of esters is 2. The number of benzene rings is 2. The molecule has 0 aromatic heterocycles. The summed E-state index contributed by atoms with van der Waals surface area (Å²) >= 11 is 6.62. The minimum Gasteiger partial charge on any atom is -0.490 e. The highest BCUT2D eigenvalue weighted by Crippen LogP contribution is 2.52. The van der Waals surface area contributed by atoms with Crippen LogP contribution < -0.4 is 4.74 Å². The van der Waals surface area contributed by atoms with Crippen molar-refractivity contribution in [2.75, 3.05) is 0 Å². The Morgan fingerprint density at radius 3 is 2.24 bits per heavy atom. The van der Waals surface area contributed by atoms with E-state index in [-0.39, 0.29) is 12.0 Å². The van der Waals surface area contributed by atoms with Gasteiger partial charge in [-0.25, -0.2) is 0 Å². The molecule has 2 aromatic rings. The molecule has 3 unspecified atom stereocenters. The molecule has 204 valence electrons. The van der Waals surface area contributed by atoms with E-state index >= 15 is 0 Å². The number of halogens is 1. The quantitative estimate of drug-likeness (QED) is 0.358. The summed E-state index contributed by atoms with van der Waals surface area (Å²) < 4.78 is 24.1. The van der Waals surface area contributed by atoms with E-state index in [9.17, 15) is 9.59 Å². The third kappa shape index (κ3) is 6.02. The Kier molecular flexibility index (Phi) is 8.01. The van der Waals surface area contributed by atoms with Gasteiger partial charge >= 0.3 is 11.9 Å². The van der Waals surface area contributed by atoms with Crippen molar-refractivity contribution in [3.8, 4) is 5.75 Å². The van der Waals surface area contributed by atoms with Crippen LogP contribution in [0.1, 0.15) is 76.2 Å². The van der Waals surface area contributed by atoms with Gasteiger partial charge < -0.3 is 18.9 Å². The van der Waals surface area contributed by atoms with Gasteiger partial charge in [-0.1, -0.05) is 49.7 Å². The lowest BCUT2D eigenvalue weighted by atomic mass is 9.84. The van der Waals surface area contributed by atoms with Gasteiger partial charge in [-0.3, -0.25) is 9.59 Å². The van der Waals surface area contributed by atoms with Crippen LogP contribution in [-0.2, 0) is 30.2 Å². The lowest BCUT2D eigenvalue weighted by molar-refractivity contribution is -0.225. The largest absolute Gasteiger partial charge is 0.490 e. The van der Waals surface area contributed by atoms with E-state index in [1.165, 1.54) is 33.1 Å². The van der Waals surface area contributed by atoms with Crippen LogP contribution in [0.2, 0.25) is 5.02 Å². The molecule has 7 heteroatoms. The highest BCUT2D eigenvalue weighted by Gasteiger charge is 2.48. The second kappa shape index (κ2) is 11.3. The van der Waals surface area contributed by atoms with Gasteiger partial charge in [-0.15, -0.1) is 0 Å². The van der Waals surface area contributed by atoms with Crippen LogP contribution in [0.15, 0.2) is 42.5 Å². The Hall–Kier alpha value is -2.57. The van der Waals surface area contributed by atoms with E-state index in [0.29, 0.717) is 17.5 Å². The number of fused-ring (bicyclic) bond motifs is 1. The van der Waals surface area contributed by atoms with Gasteiger partial charge in [-0.2, -0.15) is 0 Å². The number of hydrogen-bond acceptors (Lipinski definition) is 6. The number of carbonyl (C=O) groups is 2.